The summed E-state index contributed by atoms with van der Waals surface area (Å²) in [6.07, 6.45) is 0.748. The SMILES string of the molecule is COCCCNc1ccc(F)cc1NS(=O)(=O)c1ccc(C)cc1. The molecule has 0 aromatic heterocycles. The zero-order valence-electron chi connectivity index (χ0n) is 13.7. The van der Waals surface area contributed by atoms with E-state index in [0.717, 1.165) is 18.1 Å². The van der Waals surface area contributed by atoms with Crippen LogP contribution in [-0.2, 0) is 14.8 Å². The van der Waals surface area contributed by atoms with Crippen LogP contribution in [-0.4, -0.2) is 28.7 Å². The highest BCUT2D eigenvalue weighted by molar-refractivity contribution is 7.92. The van der Waals surface area contributed by atoms with Gasteiger partial charge in [0.1, 0.15) is 5.82 Å². The highest BCUT2D eigenvalue weighted by Crippen LogP contribution is 2.26. The van der Waals surface area contributed by atoms with Gasteiger partial charge in [0.25, 0.3) is 10.0 Å². The topological polar surface area (TPSA) is 67.4 Å². The summed E-state index contributed by atoms with van der Waals surface area (Å²) in [5, 5.41) is 3.08. The van der Waals surface area contributed by atoms with Crippen LogP contribution in [0.2, 0.25) is 0 Å². The third-order valence-electron chi connectivity index (χ3n) is 3.40. The van der Waals surface area contributed by atoms with Crippen molar-refractivity contribution in [2.45, 2.75) is 18.2 Å². The molecule has 0 saturated heterocycles. The van der Waals surface area contributed by atoms with E-state index in [1.54, 1.807) is 19.2 Å². The minimum atomic E-state index is -3.79. The largest absolute Gasteiger partial charge is 0.385 e. The van der Waals surface area contributed by atoms with Crippen molar-refractivity contribution in [2.75, 3.05) is 30.3 Å². The molecule has 0 aliphatic carbocycles. The van der Waals surface area contributed by atoms with Gasteiger partial charge in [0.15, 0.2) is 0 Å². The molecular weight excluding hydrogens is 331 g/mol. The molecule has 130 valence electrons. The molecule has 0 aliphatic heterocycles. The van der Waals surface area contributed by atoms with Gasteiger partial charge in [0, 0.05) is 26.3 Å². The fourth-order valence-electron chi connectivity index (χ4n) is 2.12. The van der Waals surface area contributed by atoms with E-state index in [1.807, 2.05) is 6.92 Å². The molecule has 0 amide bonds. The third-order valence-corrected chi connectivity index (χ3v) is 4.78. The first-order valence-corrected chi connectivity index (χ1v) is 9.02. The van der Waals surface area contributed by atoms with Gasteiger partial charge >= 0.3 is 0 Å². The van der Waals surface area contributed by atoms with Crippen LogP contribution in [0.25, 0.3) is 0 Å². The summed E-state index contributed by atoms with van der Waals surface area (Å²) in [6.45, 7) is 3.04. The zero-order chi connectivity index (χ0) is 17.6. The van der Waals surface area contributed by atoms with Crippen LogP contribution in [0.1, 0.15) is 12.0 Å². The van der Waals surface area contributed by atoms with Crippen molar-refractivity contribution in [3.8, 4) is 0 Å². The number of benzene rings is 2. The van der Waals surface area contributed by atoms with Crippen molar-refractivity contribution in [1.82, 2.24) is 0 Å². The molecule has 0 atom stereocenters. The highest BCUT2D eigenvalue weighted by atomic mass is 32.2. The number of hydrogen-bond donors (Lipinski definition) is 2. The molecule has 0 heterocycles. The number of methoxy groups -OCH3 is 1. The minimum Gasteiger partial charge on any atom is -0.385 e. The Balaban J connectivity index is 2.20. The van der Waals surface area contributed by atoms with E-state index in [4.69, 9.17) is 4.74 Å². The first-order chi connectivity index (χ1) is 11.4. The van der Waals surface area contributed by atoms with Crippen molar-refractivity contribution in [3.05, 3.63) is 53.8 Å². The average molecular weight is 352 g/mol. The lowest BCUT2D eigenvalue weighted by molar-refractivity contribution is 0.198. The van der Waals surface area contributed by atoms with Crippen LogP contribution in [0.15, 0.2) is 47.4 Å². The van der Waals surface area contributed by atoms with Crippen LogP contribution in [0.4, 0.5) is 15.8 Å². The van der Waals surface area contributed by atoms with Gasteiger partial charge in [-0.05, 0) is 37.6 Å². The maximum Gasteiger partial charge on any atom is 0.261 e. The van der Waals surface area contributed by atoms with Crippen molar-refractivity contribution in [3.63, 3.8) is 0 Å². The van der Waals surface area contributed by atoms with Crippen LogP contribution in [0.5, 0.6) is 0 Å². The van der Waals surface area contributed by atoms with Crippen molar-refractivity contribution in [2.24, 2.45) is 0 Å². The quantitative estimate of drug-likeness (QED) is 0.715. The number of aryl methyl sites for hydroxylation is 1. The Morgan fingerprint density at radius 1 is 1.08 bits per heavy atom. The second-order valence-corrected chi connectivity index (χ2v) is 7.06. The molecule has 0 fully saturated rings. The summed E-state index contributed by atoms with van der Waals surface area (Å²) >= 11 is 0. The average Bonchev–Trinajstić information content (AvgIpc) is 2.53. The predicted octanol–water partition coefficient (Wildman–Crippen LogP) is 3.38. The molecule has 0 radical (unpaired) electrons. The fourth-order valence-corrected chi connectivity index (χ4v) is 3.19. The van der Waals surface area contributed by atoms with Crippen LogP contribution >= 0.6 is 0 Å². The number of ether oxygens (including phenoxy) is 1. The van der Waals surface area contributed by atoms with E-state index in [-0.39, 0.29) is 10.6 Å². The zero-order valence-corrected chi connectivity index (χ0v) is 14.5. The maximum absolute atomic E-state index is 13.5. The second-order valence-electron chi connectivity index (χ2n) is 5.38. The highest BCUT2D eigenvalue weighted by Gasteiger charge is 2.16. The van der Waals surface area contributed by atoms with E-state index >= 15 is 0 Å². The van der Waals surface area contributed by atoms with Gasteiger partial charge in [0.2, 0.25) is 0 Å². The maximum atomic E-state index is 13.5. The number of rotatable bonds is 8. The summed E-state index contributed by atoms with van der Waals surface area (Å²) in [6, 6.07) is 10.4. The number of hydrogen-bond acceptors (Lipinski definition) is 4. The molecule has 2 N–H and O–H groups in total. The molecule has 0 saturated carbocycles. The van der Waals surface area contributed by atoms with Crippen molar-refractivity contribution >= 4 is 21.4 Å². The van der Waals surface area contributed by atoms with Gasteiger partial charge in [0.05, 0.1) is 16.3 Å². The van der Waals surface area contributed by atoms with Crippen LogP contribution < -0.4 is 10.0 Å². The molecule has 2 rings (SSSR count). The summed E-state index contributed by atoms with van der Waals surface area (Å²) in [5.74, 6) is -0.515. The first-order valence-electron chi connectivity index (χ1n) is 7.54. The van der Waals surface area contributed by atoms with Gasteiger partial charge < -0.3 is 10.1 Å². The molecule has 2 aromatic carbocycles. The normalized spacial score (nSPS) is 11.3. The summed E-state index contributed by atoms with van der Waals surface area (Å²) in [7, 11) is -2.18. The number of sulfonamides is 1. The Hall–Kier alpha value is -2.12. The molecule has 2 aromatic rings. The van der Waals surface area contributed by atoms with Gasteiger partial charge in [-0.25, -0.2) is 12.8 Å². The lowest BCUT2D eigenvalue weighted by atomic mass is 10.2. The number of anilines is 2. The lowest BCUT2D eigenvalue weighted by Gasteiger charge is -2.14. The molecule has 0 spiro atoms. The minimum absolute atomic E-state index is 0.127. The monoisotopic (exact) mass is 352 g/mol. The van der Waals surface area contributed by atoms with E-state index < -0.39 is 15.8 Å². The Labute approximate surface area is 141 Å². The Kier molecular flexibility index (Phi) is 6.16. The van der Waals surface area contributed by atoms with E-state index in [2.05, 4.69) is 10.0 Å². The van der Waals surface area contributed by atoms with Crippen LogP contribution in [0, 0.1) is 12.7 Å². The smallest absolute Gasteiger partial charge is 0.261 e. The van der Waals surface area contributed by atoms with Gasteiger partial charge in [-0.15, -0.1) is 0 Å². The van der Waals surface area contributed by atoms with E-state index in [0.29, 0.717) is 18.8 Å². The number of nitrogens with one attached hydrogen (secondary N) is 2. The van der Waals surface area contributed by atoms with E-state index in [9.17, 15) is 12.8 Å². The third kappa shape index (κ3) is 4.94. The number of halogens is 1. The molecule has 0 aliphatic rings. The Morgan fingerprint density at radius 3 is 2.46 bits per heavy atom. The summed E-state index contributed by atoms with van der Waals surface area (Å²) in [5.41, 5.74) is 1.65. The second kappa shape index (κ2) is 8.12. The van der Waals surface area contributed by atoms with Crippen molar-refractivity contribution in [1.29, 1.82) is 0 Å². The van der Waals surface area contributed by atoms with Gasteiger partial charge in [-0.1, -0.05) is 17.7 Å². The molecule has 24 heavy (non-hydrogen) atoms. The summed E-state index contributed by atoms with van der Waals surface area (Å²) in [4.78, 5) is 0.127. The predicted molar refractivity (Wildman–Crippen MR) is 93.4 cm³/mol. The Morgan fingerprint density at radius 2 is 1.79 bits per heavy atom. The van der Waals surface area contributed by atoms with E-state index in [1.165, 1.54) is 24.3 Å². The molecular formula is C17H21FN2O3S. The van der Waals surface area contributed by atoms with Gasteiger partial charge in [-0.2, -0.15) is 0 Å². The van der Waals surface area contributed by atoms with Gasteiger partial charge in [-0.3, -0.25) is 4.72 Å². The lowest BCUT2D eigenvalue weighted by Crippen LogP contribution is -2.15. The molecule has 0 unspecified atom stereocenters. The van der Waals surface area contributed by atoms with Crippen molar-refractivity contribution < 1.29 is 17.5 Å². The first kappa shape index (κ1) is 18.2. The molecule has 5 nitrogen and oxygen atoms in total. The fraction of sp³-hybridized carbons (Fsp3) is 0.294. The Bertz CT molecular complexity index is 777. The molecule has 7 heteroatoms. The summed E-state index contributed by atoms with van der Waals surface area (Å²) < 4.78 is 45.9. The van der Waals surface area contributed by atoms with Crippen LogP contribution in [0.3, 0.4) is 0 Å². The molecule has 0 bridgehead atoms. The standard InChI is InChI=1S/C17H21FN2O3S/c1-13-4-7-15(8-5-13)24(21,22)20-17-12-14(18)6-9-16(17)19-10-3-11-23-2/h4-9,12,19-20H,3,10-11H2,1-2H3.